The smallest absolute Gasteiger partial charge is 0.309 e. The molecule has 1 aliphatic rings. The number of carbonyl (C=O) groups is 2. The zero-order valence-electron chi connectivity index (χ0n) is 16.3. The Morgan fingerprint density at radius 2 is 1.86 bits per heavy atom. The van der Waals surface area contributed by atoms with Gasteiger partial charge >= 0.3 is 5.97 Å². The molecule has 0 N–H and O–H groups in total. The lowest BCUT2D eigenvalue weighted by Gasteiger charge is -2.30. The van der Waals surface area contributed by atoms with Crippen LogP contribution in [0, 0.1) is 5.92 Å². The summed E-state index contributed by atoms with van der Waals surface area (Å²) in [6.07, 6.45) is 7.71. The number of hydrogen-bond donors (Lipinski definition) is 0. The topological polar surface area (TPSA) is 65.1 Å². The summed E-state index contributed by atoms with van der Waals surface area (Å²) in [7, 11) is 1.57. The number of piperidine rings is 1. The van der Waals surface area contributed by atoms with Gasteiger partial charge in [-0.1, -0.05) is 31.4 Å². The second-order valence-corrected chi connectivity index (χ2v) is 6.36. The van der Waals surface area contributed by atoms with Gasteiger partial charge in [-0.3, -0.25) is 9.59 Å². The average molecular weight is 385 g/mol. The van der Waals surface area contributed by atoms with Crippen LogP contribution in [-0.4, -0.2) is 50.2 Å². The van der Waals surface area contributed by atoms with Crippen LogP contribution in [0.3, 0.4) is 0 Å². The zero-order chi connectivity index (χ0) is 20.4. The molecule has 0 atom stereocenters. The summed E-state index contributed by atoms with van der Waals surface area (Å²) in [4.78, 5) is 26.1. The minimum Gasteiger partial charge on any atom is -0.493 e. The average Bonchev–Trinajstić information content (AvgIpc) is 2.74. The molecular weight excluding hydrogens is 358 g/mol. The Morgan fingerprint density at radius 3 is 2.50 bits per heavy atom. The largest absolute Gasteiger partial charge is 0.493 e. The molecule has 0 aromatic heterocycles. The Morgan fingerprint density at radius 1 is 1.14 bits per heavy atom. The maximum absolute atomic E-state index is 12.4. The fraction of sp³-hybridized carbons (Fsp3) is 0.364. The van der Waals surface area contributed by atoms with E-state index < -0.39 is 0 Å². The van der Waals surface area contributed by atoms with Crippen molar-refractivity contribution in [2.45, 2.75) is 12.8 Å². The van der Waals surface area contributed by atoms with Gasteiger partial charge in [-0.2, -0.15) is 0 Å². The fourth-order valence-electron chi connectivity index (χ4n) is 2.92. The number of amides is 1. The van der Waals surface area contributed by atoms with Crippen LogP contribution in [0.15, 0.2) is 49.6 Å². The van der Waals surface area contributed by atoms with Crippen molar-refractivity contribution in [2.75, 3.05) is 33.4 Å². The third kappa shape index (κ3) is 6.01. The molecule has 6 nitrogen and oxygen atoms in total. The van der Waals surface area contributed by atoms with Crippen LogP contribution in [0.2, 0.25) is 0 Å². The lowest BCUT2D eigenvalue weighted by Crippen LogP contribution is -2.39. The number of likely N-dealkylation sites (tertiary alicyclic amines) is 1. The number of nitrogens with zero attached hydrogens (tertiary/aromatic N) is 1. The van der Waals surface area contributed by atoms with Gasteiger partial charge in [0.05, 0.1) is 13.0 Å². The molecule has 150 valence electrons. The van der Waals surface area contributed by atoms with Crippen molar-refractivity contribution in [2.24, 2.45) is 5.92 Å². The molecule has 0 aliphatic carbocycles. The van der Waals surface area contributed by atoms with Crippen LogP contribution in [0.4, 0.5) is 0 Å². The highest BCUT2D eigenvalue weighted by Crippen LogP contribution is 2.28. The van der Waals surface area contributed by atoms with Gasteiger partial charge in [-0.15, -0.1) is 0 Å². The molecule has 0 spiro atoms. The van der Waals surface area contributed by atoms with Crippen LogP contribution in [0.1, 0.15) is 18.4 Å². The van der Waals surface area contributed by atoms with E-state index in [2.05, 4.69) is 13.2 Å². The van der Waals surface area contributed by atoms with Crippen molar-refractivity contribution in [3.63, 3.8) is 0 Å². The van der Waals surface area contributed by atoms with Gasteiger partial charge < -0.3 is 19.1 Å². The first-order chi connectivity index (χ1) is 13.6. The number of esters is 1. The van der Waals surface area contributed by atoms with Gasteiger partial charge in [0.2, 0.25) is 5.91 Å². The first-order valence-corrected chi connectivity index (χ1v) is 9.25. The Hall–Kier alpha value is -3.02. The highest BCUT2D eigenvalue weighted by Gasteiger charge is 2.27. The van der Waals surface area contributed by atoms with E-state index in [1.165, 1.54) is 6.08 Å². The van der Waals surface area contributed by atoms with Crippen LogP contribution in [0.5, 0.6) is 11.5 Å². The Balaban J connectivity index is 1.90. The van der Waals surface area contributed by atoms with Gasteiger partial charge in [0, 0.05) is 19.2 Å². The maximum Gasteiger partial charge on any atom is 0.309 e. The van der Waals surface area contributed by atoms with Crippen molar-refractivity contribution < 1.29 is 23.8 Å². The highest BCUT2D eigenvalue weighted by molar-refractivity contribution is 5.92. The number of benzene rings is 1. The second kappa shape index (κ2) is 11.0. The van der Waals surface area contributed by atoms with Gasteiger partial charge in [-0.05, 0) is 36.6 Å². The van der Waals surface area contributed by atoms with Crippen LogP contribution >= 0.6 is 0 Å². The van der Waals surface area contributed by atoms with Gasteiger partial charge in [-0.25, -0.2) is 0 Å². The molecule has 1 heterocycles. The van der Waals surface area contributed by atoms with Crippen LogP contribution in [0.25, 0.3) is 6.08 Å². The summed E-state index contributed by atoms with van der Waals surface area (Å²) in [5.74, 6) is 0.768. The monoisotopic (exact) mass is 385 g/mol. The molecule has 1 aromatic rings. The lowest BCUT2D eigenvalue weighted by atomic mass is 9.97. The van der Waals surface area contributed by atoms with Crippen LogP contribution in [-0.2, 0) is 14.3 Å². The SMILES string of the molecule is C=CCOC(=O)C1CCN(C(=O)/C=C/c2ccc(OCC=C)c(OC)c2)CC1. The molecule has 0 saturated carbocycles. The molecule has 1 fully saturated rings. The maximum atomic E-state index is 12.4. The van der Waals surface area contributed by atoms with Gasteiger partial charge in [0.1, 0.15) is 13.2 Å². The van der Waals surface area contributed by atoms with Gasteiger partial charge in [0.15, 0.2) is 11.5 Å². The van der Waals surface area contributed by atoms with Crippen molar-refractivity contribution in [3.05, 3.63) is 55.1 Å². The minimum atomic E-state index is -0.214. The number of methoxy groups -OCH3 is 1. The summed E-state index contributed by atoms with van der Waals surface area (Å²) >= 11 is 0. The van der Waals surface area contributed by atoms with Gasteiger partial charge in [0.25, 0.3) is 0 Å². The standard InChI is InChI=1S/C22H27NO5/c1-4-14-27-19-8-6-17(16-20(19)26-3)7-9-21(24)23-12-10-18(11-13-23)22(25)28-15-5-2/h4-9,16,18H,1-2,10-15H2,3H3/b9-7+. The van der Waals surface area contributed by atoms with E-state index in [1.807, 2.05) is 12.1 Å². The Labute approximate surface area is 166 Å². The first-order valence-electron chi connectivity index (χ1n) is 9.25. The molecule has 2 rings (SSSR count). The van der Waals surface area contributed by atoms with E-state index in [-0.39, 0.29) is 24.4 Å². The molecule has 1 amide bonds. The summed E-state index contributed by atoms with van der Waals surface area (Å²) in [6, 6.07) is 5.46. The fourth-order valence-corrected chi connectivity index (χ4v) is 2.92. The number of hydrogen-bond acceptors (Lipinski definition) is 5. The predicted octanol–water partition coefficient (Wildman–Crippen LogP) is 3.24. The lowest BCUT2D eigenvalue weighted by molar-refractivity contribution is -0.150. The molecule has 1 aliphatic heterocycles. The third-order valence-electron chi connectivity index (χ3n) is 4.45. The van der Waals surface area contributed by atoms with Crippen molar-refractivity contribution in [3.8, 4) is 11.5 Å². The summed E-state index contributed by atoms with van der Waals surface area (Å²) < 4.78 is 15.9. The molecule has 0 unspecified atom stereocenters. The second-order valence-electron chi connectivity index (χ2n) is 6.36. The highest BCUT2D eigenvalue weighted by atomic mass is 16.5. The molecule has 6 heteroatoms. The minimum absolute atomic E-state index is 0.0798. The van der Waals surface area contributed by atoms with E-state index in [0.717, 1.165) is 5.56 Å². The zero-order valence-corrected chi connectivity index (χ0v) is 16.3. The first kappa shape index (κ1) is 21.3. The van der Waals surface area contributed by atoms with Crippen LogP contribution < -0.4 is 9.47 Å². The van der Waals surface area contributed by atoms with E-state index in [0.29, 0.717) is 44.0 Å². The quantitative estimate of drug-likeness (QED) is 0.371. The van der Waals surface area contributed by atoms with E-state index in [1.54, 1.807) is 36.3 Å². The van der Waals surface area contributed by atoms with E-state index in [9.17, 15) is 9.59 Å². The molecule has 0 radical (unpaired) electrons. The number of ether oxygens (including phenoxy) is 3. The van der Waals surface area contributed by atoms with Crippen molar-refractivity contribution in [1.82, 2.24) is 4.90 Å². The molecule has 1 aromatic carbocycles. The summed E-state index contributed by atoms with van der Waals surface area (Å²) in [5.41, 5.74) is 0.832. The molecule has 1 saturated heterocycles. The Kier molecular flexibility index (Phi) is 8.34. The molecular formula is C22H27NO5. The Bertz CT molecular complexity index is 732. The molecule has 0 bridgehead atoms. The number of carbonyl (C=O) groups excluding carboxylic acids is 2. The molecule has 28 heavy (non-hydrogen) atoms. The summed E-state index contributed by atoms with van der Waals surface area (Å²) in [5, 5.41) is 0. The van der Waals surface area contributed by atoms with E-state index in [4.69, 9.17) is 14.2 Å². The predicted molar refractivity (Wildman–Crippen MR) is 108 cm³/mol. The van der Waals surface area contributed by atoms with E-state index >= 15 is 0 Å². The van der Waals surface area contributed by atoms with Crippen molar-refractivity contribution >= 4 is 18.0 Å². The number of rotatable bonds is 9. The third-order valence-corrected chi connectivity index (χ3v) is 4.45. The normalized spacial score (nSPS) is 14.5. The van der Waals surface area contributed by atoms with Crippen molar-refractivity contribution in [1.29, 1.82) is 0 Å². The summed E-state index contributed by atoms with van der Waals surface area (Å²) in [6.45, 7) is 8.84.